The van der Waals surface area contributed by atoms with Gasteiger partial charge >= 0.3 is 0 Å². The highest BCUT2D eigenvalue weighted by atomic mass is 16.3. The Hall–Kier alpha value is -2.54. The summed E-state index contributed by atoms with van der Waals surface area (Å²) in [6.45, 7) is 5.88. The standard InChI is InChI=1S/C17H22N4O3/c1-17(2,16(18)24)21-7-5-20(6-8-21)15(23)14-9-11-3-4-12(22)10-13(11)19-14/h3-4,9-10,19,22H,5-8H2,1-2H3,(H2,18,24). The van der Waals surface area contributed by atoms with Crippen LogP contribution in [0.25, 0.3) is 10.9 Å². The van der Waals surface area contributed by atoms with Crippen LogP contribution in [-0.4, -0.2) is 63.4 Å². The van der Waals surface area contributed by atoms with Gasteiger partial charge in [-0.3, -0.25) is 14.5 Å². The Balaban J connectivity index is 1.71. The fraction of sp³-hybridized carbons (Fsp3) is 0.412. The van der Waals surface area contributed by atoms with Crippen LogP contribution in [0.4, 0.5) is 0 Å². The molecular weight excluding hydrogens is 308 g/mol. The minimum atomic E-state index is -0.715. The first-order chi connectivity index (χ1) is 11.3. The van der Waals surface area contributed by atoms with E-state index >= 15 is 0 Å². The van der Waals surface area contributed by atoms with Gasteiger partial charge < -0.3 is 20.7 Å². The van der Waals surface area contributed by atoms with Crippen molar-refractivity contribution in [2.75, 3.05) is 26.2 Å². The average Bonchev–Trinajstić information content (AvgIpc) is 2.97. The Morgan fingerprint density at radius 2 is 1.83 bits per heavy atom. The number of H-pyrrole nitrogens is 1. The van der Waals surface area contributed by atoms with Crippen LogP contribution in [0, 0.1) is 0 Å². The van der Waals surface area contributed by atoms with Crippen molar-refractivity contribution < 1.29 is 14.7 Å². The van der Waals surface area contributed by atoms with E-state index in [-0.39, 0.29) is 17.6 Å². The second-order valence-electron chi connectivity index (χ2n) is 6.66. The molecule has 2 aromatic rings. The highest BCUT2D eigenvalue weighted by molar-refractivity contribution is 5.98. The van der Waals surface area contributed by atoms with Crippen LogP contribution in [0.2, 0.25) is 0 Å². The number of fused-ring (bicyclic) bond motifs is 1. The van der Waals surface area contributed by atoms with Gasteiger partial charge in [-0.1, -0.05) is 0 Å². The lowest BCUT2D eigenvalue weighted by Crippen LogP contribution is -2.60. The van der Waals surface area contributed by atoms with E-state index in [1.807, 2.05) is 4.90 Å². The maximum absolute atomic E-state index is 12.7. The van der Waals surface area contributed by atoms with E-state index in [1.54, 1.807) is 43.0 Å². The maximum Gasteiger partial charge on any atom is 0.270 e. The van der Waals surface area contributed by atoms with Gasteiger partial charge in [0.05, 0.1) is 5.54 Å². The number of hydrogen-bond acceptors (Lipinski definition) is 4. The van der Waals surface area contributed by atoms with Gasteiger partial charge in [0, 0.05) is 43.1 Å². The molecule has 1 fully saturated rings. The van der Waals surface area contributed by atoms with Gasteiger partial charge in [0.15, 0.2) is 0 Å². The number of phenols is 1. The molecule has 0 aliphatic carbocycles. The molecule has 1 aliphatic heterocycles. The van der Waals surface area contributed by atoms with Crippen LogP contribution in [0.15, 0.2) is 24.3 Å². The number of primary amides is 1. The van der Waals surface area contributed by atoms with E-state index in [9.17, 15) is 14.7 Å². The number of carbonyl (C=O) groups excluding carboxylic acids is 2. The summed E-state index contributed by atoms with van der Waals surface area (Å²) in [5.41, 5.74) is 5.97. The molecule has 2 heterocycles. The number of nitrogens with one attached hydrogen (secondary N) is 1. The van der Waals surface area contributed by atoms with Crippen molar-refractivity contribution in [3.05, 3.63) is 30.0 Å². The van der Waals surface area contributed by atoms with Crippen molar-refractivity contribution in [2.45, 2.75) is 19.4 Å². The molecule has 0 saturated carbocycles. The first kappa shape index (κ1) is 16.3. The van der Waals surface area contributed by atoms with E-state index in [0.29, 0.717) is 31.9 Å². The predicted molar refractivity (Wildman–Crippen MR) is 90.7 cm³/mol. The molecule has 3 rings (SSSR count). The fourth-order valence-electron chi connectivity index (χ4n) is 3.02. The number of amides is 2. The summed E-state index contributed by atoms with van der Waals surface area (Å²) in [5.74, 6) is -0.287. The van der Waals surface area contributed by atoms with Crippen molar-refractivity contribution in [2.24, 2.45) is 5.73 Å². The Bertz CT molecular complexity index is 788. The van der Waals surface area contributed by atoms with Crippen molar-refractivity contribution in [3.8, 4) is 5.75 Å². The number of aromatic nitrogens is 1. The van der Waals surface area contributed by atoms with Crippen LogP contribution in [0.5, 0.6) is 5.75 Å². The Labute approximate surface area is 140 Å². The number of hydrogen-bond donors (Lipinski definition) is 3. The molecule has 1 aliphatic rings. The van der Waals surface area contributed by atoms with Gasteiger partial charge in [-0.2, -0.15) is 0 Å². The van der Waals surface area contributed by atoms with Crippen LogP contribution in [0.1, 0.15) is 24.3 Å². The lowest BCUT2D eigenvalue weighted by Gasteiger charge is -2.42. The summed E-state index contributed by atoms with van der Waals surface area (Å²) in [4.78, 5) is 31.0. The van der Waals surface area contributed by atoms with Gasteiger partial charge in [-0.05, 0) is 32.0 Å². The molecule has 2 amide bonds. The number of nitrogens with zero attached hydrogens (tertiary/aromatic N) is 2. The van der Waals surface area contributed by atoms with E-state index in [2.05, 4.69) is 4.98 Å². The van der Waals surface area contributed by atoms with Gasteiger partial charge in [0.2, 0.25) is 5.91 Å². The number of nitrogens with two attached hydrogens (primary N) is 1. The fourth-order valence-corrected chi connectivity index (χ4v) is 3.02. The molecule has 1 saturated heterocycles. The predicted octanol–water partition coefficient (Wildman–Crippen LogP) is 0.895. The summed E-state index contributed by atoms with van der Waals surface area (Å²) in [5, 5.41) is 10.4. The third-order valence-corrected chi connectivity index (χ3v) is 4.80. The number of aromatic amines is 1. The van der Waals surface area contributed by atoms with Crippen molar-refractivity contribution in [1.82, 2.24) is 14.8 Å². The van der Waals surface area contributed by atoms with Crippen LogP contribution in [-0.2, 0) is 4.79 Å². The molecule has 0 unspecified atom stereocenters. The first-order valence-electron chi connectivity index (χ1n) is 7.95. The topological polar surface area (TPSA) is 103 Å². The normalized spacial score (nSPS) is 16.5. The zero-order valence-corrected chi connectivity index (χ0v) is 13.9. The Morgan fingerprint density at radius 3 is 2.46 bits per heavy atom. The molecular formula is C17H22N4O3. The monoisotopic (exact) mass is 330 g/mol. The minimum absolute atomic E-state index is 0.0813. The molecule has 1 aromatic heterocycles. The Kier molecular flexibility index (Phi) is 3.96. The quantitative estimate of drug-likeness (QED) is 0.778. The molecule has 0 spiro atoms. The van der Waals surface area contributed by atoms with Gasteiger partial charge in [-0.15, -0.1) is 0 Å². The summed E-state index contributed by atoms with van der Waals surface area (Å²) < 4.78 is 0. The number of piperazine rings is 1. The van der Waals surface area contributed by atoms with E-state index in [0.717, 1.165) is 10.9 Å². The highest BCUT2D eigenvalue weighted by Gasteiger charge is 2.35. The van der Waals surface area contributed by atoms with E-state index < -0.39 is 5.54 Å². The average molecular weight is 330 g/mol. The van der Waals surface area contributed by atoms with Crippen LogP contribution >= 0.6 is 0 Å². The van der Waals surface area contributed by atoms with E-state index in [4.69, 9.17) is 5.73 Å². The second kappa shape index (κ2) is 5.83. The summed E-state index contributed by atoms with van der Waals surface area (Å²) in [6, 6.07) is 6.75. The highest BCUT2D eigenvalue weighted by Crippen LogP contribution is 2.22. The maximum atomic E-state index is 12.7. The largest absolute Gasteiger partial charge is 0.508 e. The SMILES string of the molecule is CC(C)(C(N)=O)N1CCN(C(=O)c2cc3ccc(O)cc3[nH]2)CC1. The van der Waals surface area contributed by atoms with Crippen molar-refractivity contribution in [3.63, 3.8) is 0 Å². The van der Waals surface area contributed by atoms with Crippen molar-refractivity contribution in [1.29, 1.82) is 0 Å². The lowest BCUT2D eigenvalue weighted by atomic mass is 10.0. The summed E-state index contributed by atoms with van der Waals surface area (Å²) >= 11 is 0. The number of benzene rings is 1. The molecule has 24 heavy (non-hydrogen) atoms. The zero-order chi connectivity index (χ0) is 17.5. The lowest BCUT2D eigenvalue weighted by molar-refractivity contribution is -0.129. The second-order valence-corrected chi connectivity index (χ2v) is 6.66. The Morgan fingerprint density at radius 1 is 1.17 bits per heavy atom. The molecule has 0 radical (unpaired) electrons. The minimum Gasteiger partial charge on any atom is -0.508 e. The number of carbonyl (C=O) groups is 2. The summed E-state index contributed by atoms with van der Waals surface area (Å²) in [6.07, 6.45) is 0. The molecule has 1 aromatic carbocycles. The molecule has 7 nitrogen and oxygen atoms in total. The van der Waals surface area contributed by atoms with Crippen LogP contribution < -0.4 is 5.73 Å². The molecule has 4 N–H and O–H groups in total. The van der Waals surface area contributed by atoms with E-state index in [1.165, 1.54) is 0 Å². The van der Waals surface area contributed by atoms with Crippen molar-refractivity contribution >= 4 is 22.7 Å². The van der Waals surface area contributed by atoms with Gasteiger partial charge in [-0.25, -0.2) is 0 Å². The third-order valence-electron chi connectivity index (χ3n) is 4.80. The van der Waals surface area contributed by atoms with Gasteiger partial charge in [0.25, 0.3) is 5.91 Å². The van der Waals surface area contributed by atoms with Crippen LogP contribution in [0.3, 0.4) is 0 Å². The molecule has 128 valence electrons. The number of phenolic OH excluding ortho intramolecular Hbond substituents is 1. The molecule has 0 atom stereocenters. The number of rotatable bonds is 3. The van der Waals surface area contributed by atoms with Gasteiger partial charge in [0.1, 0.15) is 11.4 Å². The number of aromatic hydroxyl groups is 1. The zero-order valence-electron chi connectivity index (χ0n) is 13.9. The third kappa shape index (κ3) is 2.82. The first-order valence-corrected chi connectivity index (χ1v) is 7.95. The molecule has 7 heteroatoms. The smallest absolute Gasteiger partial charge is 0.270 e. The molecule has 0 bridgehead atoms. The summed E-state index contributed by atoms with van der Waals surface area (Å²) in [7, 11) is 0.